The first-order valence-corrected chi connectivity index (χ1v) is 16.2. The average molecular weight is 629 g/mol. The van der Waals surface area contributed by atoms with Crippen LogP contribution >= 0.6 is 11.6 Å². The molecule has 4 nitrogen and oxygen atoms in total. The highest BCUT2D eigenvalue weighted by atomic mass is 35.5. The molecule has 0 fully saturated rings. The summed E-state index contributed by atoms with van der Waals surface area (Å²) in [6, 6.07) is 45.9. The second-order valence-electron chi connectivity index (χ2n) is 11.8. The molecule has 1 unspecified atom stereocenters. The molecule has 0 N–H and O–H groups in total. The third-order valence-electron chi connectivity index (χ3n) is 9.00. The van der Waals surface area contributed by atoms with Crippen molar-refractivity contribution in [2.24, 2.45) is 0 Å². The fourth-order valence-corrected chi connectivity index (χ4v) is 7.28. The van der Waals surface area contributed by atoms with Gasteiger partial charge < -0.3 is 18.6 Å². The summed E-state index contributed by atoms with van der Waals surface area (Å²) in [5.74, 6) is 0. The van der Waals surface area contributed by atoms with Crippen LogP contribution < -0.4 is 9.80 Å². The van der Waals surface area contributed by atoms with E-state index < -0.39 is 0 Å². The first kappa shape index (κ1) is 27.6. The van der Waals surface area contributed by atoms with Gasteiger partial charge in [0, 0.05) is 33.6 Å². The van der Waals surface area contributed by atoms with Crippen molar-refractivity contribution in [2.75, 3.05) is 9.80 Å². The quantitative estimate of drug-likeness (QED) is 0.183. The van der Waals surface area contributed by atoms with Crippen molar-refractivity contribution in [3.8, 4) is 0 Å². The summed E-state index contributed by atoms with van der Waals surface area (Å²) in [4.78, 5) is 4.66. The lowest BCUT2D eigenvalue weighted by Gasteiger charge is -2.34. The van der Waals surface area contributed by atoms with Crippen LogP contribution in [0.5, 0.6) is 0 Å². The number of anilines is 5. The topological polar surface area (TPSA) is 32.8 Å². The second-order valence-corrected chi connectivity index (χ2v) is 12.2. The number of allylic oxidation sites excluding steroid dienone is 2. The van der Waals surface area contributed by atoms with Gasteiger partial charge in [-0.25, -0.2) is 0 Å². The van der Waals surface area contributed by atoms with E-state index in [2.05, 4.69) is 119 Å². The molecular formula is C42H29ClN2O2. The molecule has 1 aliphatic carbocycles. The summed E-state index contributed by atoms with van der Waals surface area (Å²) in [6.07, 6.45) is 9.64. The summed E-state index contributed by atoms with van der Waals surface area (Å²) < 4.78 is 12.8. The minimum Gasteiger partial charge on any atom is -0.456 e. The molecule has 2 heterocycles. The molecule has 0 bridgehead atoms. The number of para-hydroxylation sites is 4. The largest absolute Gasteiger partial charge is 0.456 e. The van der Waals surface area contributed by atoms with Crippen molar-refractivity contribution in [1.29, 1.82) is 0 Å². The highest BCUT2D eigenvalue weighted by Crippen LogP contribution is 2.49. The van der Waals surface area contributed by atoms with Crippen LogP contribution in [0.4, 0.5) is 28.4 Å². The molecule has 1 atom stereocenters. The molecule has 0 saturated heterocycles. The Morgan fingerprint density at radius 3 is 1.87 bits per heavy atom. The summed E-state index contributed by atoms with van der Waals surface area (Å²) >= 11 is 7.41. The Bertz CT molecular complexity index is 2480. The van der Waals surface area contributed by atoms with Gasteiger partial charge in [-0.05, 0) is 61.0 Å². The molecule has 9 rings (SSSR count). The van der Waals surface area contributed by atoms with E-state index in [1.165, 1.54) is 0 Å². The molecule has 6 aromatic carbocycles. The van der Waals surface area contributed by atoms with E-state index in [1.54, 1.807) is 0 Å². The number of fused-ring (bicyclic) bond motifs is 6. The van der Waals surface area contributed by atoms with Gasteiger partial charge in [0.05, 0.1) is 33.5 Å². The van der Waals surface area contributed by atoms with Crippen LogP contribution in [0.2, 0.25) is 5.02 Å². The fraction of sp³-hybridized carbons (Fsp3) is 0.0476. The molecule has 1 aliphatic rings. The Morgan fingerprint density at radius 1 is 0.532 bits per heavy atom. The molecule has 0 aliphatic heterocycles. The van der Waals surface area contributed by atoms with Crippen molar-refractivity contribution in [3.05, 3.63) is 163 Å². The van der Waals surface area contributed by atoms with Gasteiger partial charge in [0.25, 0.3) is 0 Å². The van der Waals surface area contributed by atoms with E-state index in [0.717, 1.165) is 78.7 Å². The van der Waals surface area contributed by atoms with Crippen molar-refractivity contribution >= 4 is 83.9 Å². The summed E-state index contributed by atoms with van der Waals surface area (Å²) in [7, 11) is 0. The van der Waals surface area contributed by atoms with Gasteiger partial charge in [0.1, 0.15) is 22.3 Å². The Hall–Kier alpha value is -5.71. The van der Waals surface area contributed by atoms with Crippen molar-refractivity contribution in [2.45, 2.75) is 12.5 Å². The fourth-order valence-electron chi connectivity index (χ4n) is 6.94. The molecule has 2 aromatic heterocycles. The SMILES string of the molecule is Clc1c(N(c2ccccc2)c2cc(N(c3ccccc3)C3C=CC=CC3)c3c(c2)oc2ccccc23)ccc2oc3ccccc3c12. The Morgan fingerprint density at radius 2 is 1.17 bits per heavy atom. The van der Waals surface area contributed by atoms with Gasteiger partial charge in [-0.15, -0.1) is 0 Å². The molecule has 0 amide bonds. The number of hydrogen-bond donors (Lipinski definition) is 0. The number of halogens is 1. The van der Waals surface area contributed by atoms with Gasteiger partial charge in [-0.2, -0.15) is 0 Å². The number of benzene rings is 6. The minimum atomic E-state index is 0.108. The van der Waals surface area contributed by atoms with E-state index in [1.807, 2.05) is 48.5 Å². The Kier molecular flexibility index (Phi) is 6.61. The summed E-state index contributed by atoms with van der Waals surface area (Å²) in [5, 5.41) is 4.67. The monoisotopic (exact) mass is 628 g/mol. The Balaban J connectivity index is 1.35. The summed E-state index contributed by atoms with van der Waals surface area (Å²) in [6.45, 7) is 0. The van der Waals surface area contributed by atoms with Crippen LogP contribution in [0, 0.1) is 0 Å². The maximum Gasteiger partial charge on any atom is 0.139 e. The molecule has 0 radical (unpaired) electrons. The van der Waals surface area contributed by atoms with E-state index in [4.69, 9.17) is 20.4 Å². The van der Waals surface area contributed by atoms with Gasteiger partial charge in [-0.3, -0.25) is 0 Å². The van der Waals surface area contributed by atoms with Crippen LogP contribution in [0.3, 0.4) is 0 Å². The lowest BCUT2D eigenvalue weighted by molar-refractivity contribution is 0.668. The first-order chi connectivity index (χ1) is 23.2. The number of hydrogen-bond acceptors (Lipinski definition) is 4. The minimum absolute atomic E-state index is 0.108. The molecule has 0 spiro atoms. The molecule has 226 valence electrons. The predicted molar refractivity (Wildman–Crippen MR) is 196 cm³/mol. The third-order valence-corrected chi connectivity index (χ3v) is 9.38. The van der Waals surface area contributed by atoms with Crippen LogP contribution in [0.25, 0.3) is 43.9 Å². The smallest absolute Gasteiger partial charge is 0.139 e. The van der Waals surface area contributed by atoms with Gasteiger partial charge in [-0.1, -0.05) is 109 Å². The van der Waals surface area contributed by atoms with E-state index in [0.29, 0.717) is 5.02 Å². The molecule has 0 saturated carbocycles. The van der Waals surface area contributed by atoms with Crippen LogP contribution in [-0.4, -0.2) is 6.04 Å². The number of rotatable bonds is 6. The highest BCUT2D eigenvalue weighted by Gasteiger charge is 2.27. The standard InChI is InChI=1S/C42H29ClN2O2/c43-42-34(24-25-38-41(42)33-21-11-13-23-37(33)46-38)45(30-18-8-3-9-19-30)31-26-35(40-32-20-10-12-22-36(32)47-39(40)27-31)44(28-14-4-1-5-15-28)29-16-6-2-7-17-29/h1-16,18-27,29H,17H2. The lowest BCUT2D eigenvalue weighted by atomic mass is 10.0. The molecule has 8 aromatic rings. The van der Waals surface area contributed by atoms with E-state index in [9.17, 15) is 0 Å². The number of furan rings is 2. The van der Waals surface area contributed by atoms with Gasteiger partial charge in [0.15, 0.2) is 0 Å². The zero-order valence-corrected chi connectivity index (χ0v) is 26.1. The maximum atomic E-state index is 7.41. The van der Waals surface area contributed by atoms with Gasteiger partial charge in [0.2, 0.25) is 0 Å². The lowest BCUT2D eigenvalue weighted by Crippen LogP contribution is -2.30. The summed E-state index contributed by atoms with van der Waals surface area (Å²) in [5.41, 5.74) is 8.16. The third kappa shape index (κ3) is 4.60. The van der Waals surface area contributed by atoms with Crippen molar-refractivity contribution < 1.29 is 8.83 Å². The van der Waals surface area contributed by atoms with Crippen LogP contribution in [-0.2, 0) is 0 Å². The van der Waals surface area contributed by atoms with E-state index >= 15 is 0 Å². The zero-order chi connectivity index (χ0) is 31.3. The van der Waals surface area contributed by atoms with Crippen LogP contribution in [0.15, 0.2) is 167 Å². The molecule has 47 heavy (non-hydrogen) atoms. The first-order valence-electron chi connectivity index (χ1n) is 15.8. The predicted octanol–water partition coefficient (Wildman–Crippen LogP) is 12.6. The number of nitrogens with zero attached hydrogens (tertiary/aromatic N) is 2. The molecule has 5 heteroatoms. The molecular weight excluding hydrogens is 600 g/mol. The zero-order valence-electron chi connectivity index (χ0n) is 25.4. The normalized spacial score (nSPS) is 14.4. The van der Waals surface area contributed by atoms with Crippen molar-refractivity contribution in [3.63, 3.8) is 0 Å². The van der Waals surface area contributed by atoms with Gasteiger partial charge >= 0.3 is 0 Å². The Labute approximate surface area is 277 Å². The average Bonchev–Trinajstić information content (AvgIpc) is 3.70. The second kappa shape index (κ2) is 11.3. The maximum absolute atomic E-state index is 7.41. The van der Waals surface area contributed by atoms with Crippen LogP contribution in [0.1, 0.15) is 6.42 Å². The van der Waals surface area contributed by atoms with E-state index in [-0.39, 0.29) is 6.04 Å². The highest BCUT2D eigenvalue weighted by molar-refractivity contribution is 6.40. The van der Waals surface area contributed by atoms with Crippen molar-refractivity contribution in [1.82, 2.24) is 0 Å².